The van der Waals surface area contributed by atoms with Gasteiger partial charge in [-0.15, -0.1) is 0 Å². The summed E-state index contributed by atoms with van der Waals surface area (Å²) in [5.41, 5.74) is 1.88. The molecule has 2 amide bonds. The Bertz CT molecular complexity index is 1000. The van der Waals surface area contributed by atoms with E-state index in [0.29, 0.717) is 17.2 Å². The zero-order valence-corrected chi connectivity index (χ0v) is 18.6. The summed E-state index contributed by atoms with van der Waals surface area (Å²) in [6.45, 7) is 9.93. The molecule has 2 heterocycles. The molecule has 1 N–H and O–H groups in total. The number of hydrogen-bond acceptors (Lipinski definition) is 4. The summed E-state index contributed by atoms with van der Waals surface area (Å²) in [5, 5.41) is 3.01. The molecular weight excluding hydrogens is 390 g/mol. The fraction of sp³-hybridized carbons (Fsp3) is 0.320. The Morgan fingerprint density at radius 1 is 1.00 bits per heavy atom. The van der Waals surface area contributed by atoms with Crippen LogP contribution < -0.4 is 10.2 Å². The van der Waals surface area contributed by atoms with E-state index in [-0.39, 0.29) is 11.7 Å². The zero-order chi connectivity index (χ0) is 22.6. The molecule has 6 heteroatoms. The highest BCUT2D eigenvalue weighted by Crippen LogP contribution is 2.31. The van der Waals surface area contributed by atoms with Crippen molar-refractivity contribution in [2.24, 2.45) is 0 Å². The van der Waals surface area contributed by atoms with E-state index in [9.17, 15) is 9.59 Å². The van der Waals surface area contributed by atoms with Gasteiger partial charge >= 0.3 is 0 Å². The van der Waals surface area contributed by atoms with Gasteiger partial charge in [-0.3, -0.25) is 19.5 Å². The summed E-state index contributed by atoms with van der Waals surface area (Å²) < 4.78 is 5.39. The topological polar surface area (TPSA) is 75.4 Å². The highest BCUT2D eigenvalue weighted by molar-refractivity contribution is 6.08. The molecule has 1 atom stereocenters. The lowest BCUT2D eigenvalue weighted by Gasteiger charge is -2.33. The molecule has 1 aromatic carbocycles. The van der Waals surface area contributed by atoms with Crippen LogP contribution in [0.5, 0.6) is 0 Å². The first-order chi connectivity index (χ1) is 14.7. The van der Waals surface area contributed by atoms with Crippen molar-refractivity contribution in [1.29, 1.82) is 0 Å². The number of pyridine rings is 1. The number of amides is 2. The van der Waals surface area contributed by atoms with Crippen LogP contribution in [-0.4, -0.2) is 22.3 Å². The summed E-state index contributed by atoms with van der Waals surface area (Å²) in [6, 6.07) is 13.6. The molecule has 0 unspecified atom stereocenters. The van der Waals surface area contributed by atoms with Gasteiger partial charge in [-0.2, -0.15) is 0 Å². The first kappa shape index (κ1) is 22.3. The minimum atomic E-state index is -0.921. The lowest BCUT2D eigenvalue weighted by Crippen LogP contribution is -2.49. The molecule has 2 aromatic heterocycles. The number of carbonyl (C=O) groups is 2. The number of nitrogens with one attached hydrogen (secondary N) is 1. The molecule has 0 bridgehead atoms. The average molecular weight is 420 g/mol. The smallest absolute Gasteiger partial charge is 0.294 e. The fourth-order valence-corrected chi connectivity index (χ4v) is 3.32. The Morgan fingerprint density at radius 3 is 2.23 bits per heavy atom. The molecule has 0 radical (unpaired) electrons. The molecule has 0 aliphatic heterocycles. The van der Waals surface area contributed by atoms with Gasteiger partial charge in [0.15, 0.2) is 5.76 Å². The van der Waals surface area contributed by atoms with E-state index >= 15 is 0 Å². The third-order valence-electron chi connectivity index (χ3n) is 4.79. The number of nitrogens with zero attached hydrogens (tertiary/aromatic N) is 2. The second kappa shape index (κ2) is 9.16. The third kappa shape index (κ3) is 5.40. The second-order valence-corrected chi connectivity index (χ2v) is 8.83. The van der Waals surface area contributed by atoms with Crippen molar-refractivity contribution in [3.8, 4) is 0 Å². The molecule has 0 aliphatic rings. The Kier molecular flexibility index (Phi) is 6.59. The minimum absolute atomic E-state index is 0.158. The van der Waals surface area contributed by atoms with Crippen molar-refractivity contribution in [2.75, 3.05) is 4.90 Å². The largest absolute Gasteiger partial charge is 0.459 e. The molecule has 162 valence electrons. The van der Waals surface area contributed by atoms with Gasteiger partial charge in [0.25, 0.3) is 5.91 Å². The molecule has 0 saturated heterocycles. The molecule has 0 spiro atoms. The van der Waals surface area contributed by atoms with Crippen LogP contribution in [0.2, 0.25) is 0 Å². The van der Waals surface area contributed by atoms with Gasteiger partial charge in [0, 0.05) is 29.2 Å². The van der Waals surface area contributed by atoms with E-state index < -0.39 is 17.5 Å². The standard InChI is InChI=1S/C25H29N3O3/c1-17(2)18-10-12-20(13-11-18)28(24(30)21-9-7-15-31-21)22(19-8-6-14-26-16-19)23(29)27-25(3,4)5/h6-17,22H,1-5H3,(H,27,29)/t22-/m1/s1. The Balaban J connectivity index is 2.14. The van der Waals surface area contributed by atoms with Gasteiger partial charge in [-0.1, -0.05) is 32.0 Å². The quantitative estimate of drug-likeness (QED) is 0.603. The van der Waals surface area contributed by atoms with E-state index in [2.05, 4.69) is 24.1 Å². The molecular formula is C25H29N3O3. The number of rotatable bonds is 6. The maximum Gasteiger partial charge on any atom is 0.294 e. The van der Waals surface area contributed by atoms with Crippen molar-refractivity contribution in [2.45, 2.75) is 52.1 Å². The SMILES string of the molecule is CC(C)c1ccc(N(C(=O)c2ccco2)[C@@H](C(=O)NC(C)(C)C)c2cccnc2)cc1. The van der Waals surface area contributed by atoms with Crippen LogP contribution in [-0.2, 0) is 4.79 Å². The van der Waals surface area contributed by atoms with Gasteiger partial charge in [0.2, 0.25) is 5.91 Å². The Hall–Kier alpha value is -3.41. The minimum Gasteiger partial charge on any atom is -0.459 e. The second-order valence-electron chi connectivity index (χ2n) is 8.83. The monoisotopic (exact) mass is 419 g/mol. The number of benzene rings is 1. The first-order valence-corrected chi connectivity index (χ1v) is 10.4. The molecule has 3 rings (SSSR count). The van der Waals surface area contributed by atoms with Gasteiger partial charge in [0.05, 0.1) is 6.26 Å². The van der Waals surface area contributed by atoms with Crippen LogP contribution >= 0.6 is 0 Å². The van der Waals surface area contributed by atoms with E-state index in [1.54, 1.807) is 36.7 Å². The molecule has 6 nitrogen and oxygen atoms in total. The van der Waals surface area contributed by atoms with Crippen LogP contribution in [0.4, 0.5) is 5.69 Å². The van der Waals surface area contributed by atoms with E-state index in [1.165, 1.54) is 11.2 Å². The molecule has 3 aromatic rings. The number of hydrogen-bond donors (Lipinski definition) is 1. The summed E-state index contributed by atoms with van der Waals surface area (Å²) in [6.07, 6.45) is 4.69. The summed E-state index contributed by atoms with van der Waals surface area (Å²) >= 11 is 0. The van der Waals surface area contributed by atoms with Gasteiger partial charge < -0.3 is 9.73 Å². The van der Waals surface area contributed by atoms with Crippen LogP contribution in [0, 0.1) is 0 Å². The van der Waals surface area contributed by atoms with E-state index in [4.69, 9.17) is 4.42 Å². The van der Waals surface area contributed by atoms with Crippen molar-refractivity contribution in [3.05, 3.63) is 84.1 Å². The lowest BCUT2D eigenvalue weighted by atomic mass is 10.00. The molecule has 0 fully saturated rings. The lowest BCUT2D eigenvalue weighted by molar-refractivity contribution is -0.123. The number of carbonyl (C=O) groups excluding carboxylic acids is 2. The number of anilines is 1. The van der Waals surface area contributed by atoms with Crippen LogP contribution in [0.3, 0.4) is 0 Å². The normalized spacial score (nSPS) is 12.5. The molecule has 31 heavy (non-hydrogen) atoms. The zero-order valence-electron chi connectivity index (χ0n) is 18.6. The van der Waals surface area contributed by atoms with Crippen molar-refractivity contribution in [3.63, 3.8) is 0 Å². The van der Waals surface area contributed by atoms with Crippen molar-refractivity contribution < 1.29 is 14.0 Å². The summed E-state index contributed by atoms with van der Waals surface area (Å²) in [5.74, 6) is -0.194. The van der Waals surface area contributed by atoms with Crippen LogP contribution in [0.15, 0.2) is 71.6 Å². The highest BCUT2D eigenvalue weighted by Gasteiger charge is 2.36. The van der Waals surface area contributed by atoms with Crippen LogP contribution in [0.1, 0.15) is 68.3 Å². The number of aromatic nitrogens is 1. The fourth-order valence-electron chi connectivity index (χ4n) is 3.32. The Labute approximate surface area is 183 Å². The summed E-state index contributed by atoms with van der Waals surface area (Å²) in [4.78, 5) is 32.7. The molecule has 0 aliphatic carbocycles. The van der Waals surface area contributed by atoms with Crippen molar-refractivity contribution in [1.82, 2.24) is 10.3 Å². The Morgan fingerprint density at radius 2 is 1.71 bits per heavy atom. The van der Waals surface area contributed by atoms with Gasteiger partial charge in [0.1, 0.15) is 6.04 Å². The van der Waals surface area contributed by atoms with Gasteiger partial charge in [-0.25, -0.2) is 0 Å². The van der Waals surface area contributed by atoms with Crippen molar-refractivity contribution >= 4 is 17.5 Å². The maximum atomic E-state index is 13.5. The van der Waals surface area contributed by atoms with Crippen LogP contribution in [0.25, 0.3) is 0 Å². The van der Waals surface area contributed by atoms with E-state index in [0.717, 1.165) is 5.56 Å². The highest BCUT2D eigenvalue weighted by atomic mass is 16.3. The predicted octanol–water partition coefficient (Wildman–Crippen LogP) is 5.10. The molecule has 0 saturated carbocycles. The van der Waals surface area contributed by atoms with E-state index in [1.807, 2.05) is 45.0 Å². The number of furan rings is 1. The third-order valence-corrected chi connectivity index (χ3v) is 4.79. The van der Waals surface area contributed by atoms with Gasteiger partial charge in [-0.05, 0) is 62.6 Å². The summed E-state index contributed by atoms with van der Waals surface area (Å²) in [7, 11) is 0. The maximum absolute atomic E-state index is 13.5. The first-order valence-electron chi connectivity index (χ1n) is 10.4. The average Bonchev–Trinajstić information content (AvgIpc) is 3.26. The predicted molar refractivity (Wildman–Crippen MR) is 121 cm³/mol.